The Hall–Kier alpha value is -3.16. The number of nitrogens with two attached hydrogens (primary N) is 1. The number of carbonyl (C=O) groups is 3. The maximum absolute atomic E-state index is 13.3. The van der Waals surface area contributed by atoms with Gasteiger partial charge in [-0.1, -0.05) is 19.1 Å². The molecule has 1 aromatic carbocycles. The lowest BCUT2D eigenvalue weighted by Crippen LogP contribution is -2.63. The number of aliphatic hydroxyl groups is 1. The highest BCUT2D eigenvalue weighted by molar-refractivity contribution is 7.87. The van der Waals surface area contributed by atoms with E-state index >= 15 is 0 Å². The number of esters is 1. The number of amides is 2. The molecule has 12 nitrogen and oxygen atoms in total. The smallest absolute Gasteiger partial charge is 0.425 e. The fraction of sp³-hybridized carbons (Fsp3) is 0.542. The molecule has 1 saturated heterocycles. The molecule has 3 rings (SSSR count). The summed E-state index contributed by atoms with van der Waals surface area (Å²) in [4.78, 5) is 40.1. The zero-order valence-electron chi connectivity index (χ0n) is 21.6. The van der Waals surface area contributed by atoms with E-state index in [1.165, 1.54) is 18.9 Å². The molecule has 1 fully saturated rings. The molecule has 2 aliphatic rings. The lowest BCUT2D eigenvalue weighted by atomic mass is 9.78. The first kappa shape index (κ1) is 28.4. The number of rotatable bonds is 8. The Bertz CT molecular complexity index is 1200. The van der Waals surface area contributed by atoms with Gasteiger partial charge in [0, 0.05) is 5.92 Å². The van der Waals surface area contributed by atoms with Crippen LogP contribution in [0.5, 0.6) is 5.75 Å². The van der Waals surface area contributed by atoms with E-state index in [9.17, 15) is 27.9 Å². The molecule has 0 saturated carbocycles. The molecule has 3 N–H and O–H groups in total. The van der Waals surface area contributed by atoms with Crippen molar-refractivity contribution in [3.63, 3.8) is 0 Å². The highest BCUT2D eigenvalue weighted by atomic mass is 32.2. The predicted molar refractivity (Wildman–Crippen MR) is 131 cm³/mol. The average Bonchev–Trinajstić information content (AvgIpc) is 3.01. The molecule has 0 aromatic heterocycles. The van der Waals surface area contributed by atoms with E-state index in [4.69, 9.17) is 19.3 Å². The first-order valence-corrected chi connectivity index (χ1v) is 13.1. The largest absolute Gasteiger partial charge is 0.497 e. The van der Waals surface area contributed by atoms with Crippen LogP contribution in [0.3, 0.4) is 0 Å². The average molecular weight is 540 g/mol. The van der Waals surface area contributed by atoms with Crippen LogP contribution in [0.2, 0.25) is 0 Å². The van der Waals surface area contributed by atoms with E-state index in [1.54, 1.807) is 52.0 Å². The Balaban J connectivity index is 1.96. The standard InChI is InChI=1S/C24H33N3O9S/c1-13-17(11-26(37(25,32)33)23(31)36-24(3,4)5)20(27-19(13)18(14(2)28)21(27)29)22(30)35-12-15-7-9-16(34-6)10-8-15/h7-10,13-14,18-19,28H,11-12H2,1-6H3,(H2,25,32,33)/t13-,14+,18+,19+/m0/s1. The van der Waals surface area contributed by atoms with Gasteiger partial charge in [-0.15, -0.1) is 0 Å². The van der Waals surface area contributed by atoms with Gasteiger partial charge in [0.1, 0.15) is 23.7 Å². The van der Waals surface area contributed by atoms with Crippen LogP contribution in [0.1, 0.15) is 40.2 Å². The summed E-state index contributed by atoms with van der Waals surface area (Å²) < 4.78 is 40.8. The van der Waals surface area contributed by atoms with E-state index in [1.807, 2.05) is 0 Å². The van der Waals surface area contributed by atoms with Crippen LogP contribution in [-0.2, 0) is 35.9 Å². The van der Waals surface area contributed by atoms with Crippen molar-refractivity contribution in [2.75, 3.05) is 13.7 Å². The van der Waals surface area contributed by atoms with Crippen LogP contribution in [0, 0.1) is 11.8 Å². The van der Waals surface area contributed by atoms with Crippen LogP contribution in [-0.4, -0.2) is 72.1 Å². The summed E-state index contributed by atoms with van der Waals surface area (Å²) in [5.74, 6) is -2.16. The van der Waals surface area contributed by atoms with Crippen LogP contribution >= 0.6 is 0 Å². The Morgan fingerprint density at radius 3 is 2.30 bits per heavy atom. The summed E-state index contributed by atoms with van der Waals surface area (Å²) in [6.07, 6.45) is -2.24. The molecule has 0 spiro atoms. The minimum atomic E-state index is -4.61. The lowest BCUT2D eigenvalue weighted by molar-refractivity contribution is -0.164. The molecule has 2 heterocycles. The quantitative estimate of drug-likeness (QED) is 0.366. The Morgan fingerprint density at radius 2 is 1.81 bits per heavy atom. The second-order valence-electron chi connectivity index (χ2n) is 10.1. The number of nitrogens with zero attached hydrogens (tertiary/aromatic N) is 2. The van der Waals surface area contributed by atoms with Gasteiger partial charge in [0.15, 0.2) is 0 Å². The van der Waals surface area contributed by atoms with Crippen LogP contribution < -0.4 is 9.88 Å². The van der Waals surface area contributed by atoms with Gasteiger partial charge in [0.2, 0.25) is 5.91 Å². The van der Waals surface area contributed by atoms with Crippen molar-refractivity contribution in [1.82, 2.24) is 9.21 Å². The maximum atomic E-state index is 13.3. The number of hydrogen-bond acceptors (Lipinski definition) is 9. The monoisotopic (exact) mass is 539 g/mol. The number of hydrogen-bond donors (Lipinski definition) is 2. The molecule has 4 atom stereocenters. The molecule has 2 amide bonds. The maximum Gasteiger partial charge on any atom is 0.425 e. The molecule has 2 aliphatic heterocycles. The molecule has 37 heavy (non-hydrogen) atoms. The number of β-lactam (4-membered cyclic amide) rings is 1. The summed E-state index contributed by atoms with van der Waals surface area (Å²) in [6, 6.07) is 6.17. The van der Waals surface area contributed by atoms with Crippen LogP contribution in [0.15, 0.2) is 35.5 Å². The summed E-state index contributed by atoms with van der Waals surface area (Å²) in [5, 5.41) is 15.5. The van der Waals surface area contributed by atoms with Gasteiger partial charge >= 0.3 is 22.3 Å². The van der Waals surface area contributed by atoms with Gasteiger partial charge in [0.25, 0.3) is 0 Å². The van der Waals surface area contributed by atoms with E-state index in [-0.39, 0.29) is 17.9 Å². The summed E-state index contributed by atoms with van der Waals surface area (Å²) >= 11 is 0. The van der Waals surface area contributed by atoms with Crippen molar-refractivity contribution >= 4 is 28.2 Å². The first-order valence-electron chi connectivity index (χ1n) is 11.6. The number of fused-ring (bicyclic) bond motifs is 1. The van der Waals surface area contributed by atoms with Gasteiger partial charge in [-0.2, -0.15) is 12.7 Å². The molecule has 1 aromatic rings. The van der Waals surface area contributed by atoms with E-state index in [0.29, 0.717) is 15.6 Å². The fourth-order valence-corrected chi connectivity index (χ4v) is 5.07. The highest BCUT2D eigenvalue weighted by Gasteiger charge is 2.60. The predicted octanol–water partition coefficient (Wildman–Crippen LogP) is 1.29. The van der Waals surface area contributed by atoms with E-state index < -0.39 is 64.3 Å². The van der Waals surface area contributed by atoms with Crippen LogP contribution in [0.4, 0.5) is 4.79 Å². The number of benzene rings is 1. The third kappa shape index (κ3) is 5.89. The number of methoxy groups -OCH3 is 1. The zero-order valence-corrected chi connectivity index (χ0v) is 22.4. The number of ether oxygens (including phenoxy) is 3. The molecule has 13 heteroatoms. The lowest BCUT2D eigenvalue weighted by Gasteiger charge is -2.46. The van der Waals surface area contributed by atoms with Gasteiger partial charge < -0.3 is 24.2 Å². The number of aliphatic hydroxyl groups excluding tert-OH is 1. The third-order valence-corrected chi connectivity index (χ3v) is 7.15. The molecular weight excluding hydrogens is 506 g/mol. The van der Waals surface area contributed by atoms with Gasteiger partial charge in [-0.3, -0.25) is 4.79 Å². The van der Waals surface area contributed by atoms with Crippen molar-refractivity contribution in [3.8, 4) is 5.75 Å². The topological polar surface area (TPSA) is 166 Å². The van der Waals surface area contributed by atoms with Crippen molar-refractivity contribution < 1.29 is 42.1 Å². The van der Waals surface area contributed by atoms with Gasteiger partial charge in [-0.05, 0) is 51.0 Å². The molecule has 0 bridgehead atoms. The Labute approximate surface area is 216 Å². The van der Waals surface area contributed by atoms with Gasteiger partial charge in [-0.25, -0.2) is 14.7 Å². The van der Waals surface area contributed by atoms with Crippen molar-refractivity contribution in [2.45, 2.75) is 59.0 Å². The minimum Gasteiger partial charge on any atom is -0.497 e. The second-order valence-corrected chi connectivity index (χ2v) is 11.6. The van der Waals surface area contributed by atoms with Crippen LogP contribution in [0.25, 0.3) is 0 Å². The van der Waals surface area contributed by atoms with E-state index in [0.717, 1.165) is 0 Å². The number of carbonyl (C=O) groups excluding carboxylic acids is 3. The molecule has 204 valence electrons. The Morgan fingerprint density at radius 1 is 1.22 bits per heavy atom. The van der Waals surface area contributed by atoms with Crippen molar-refractivity contribution in [3.05, 3.63) is 41.1 Å². The highest BCUT2D eigenvalue weighted by Crippen LogP contribution is 2.47. The SMILES string of the molecule is COc1ccc(COC(=O)C2=C(CN(C(=O)OC(C)(C)C)S(N)(=O)=O)[C@H](C)[C@@H]3[C@@H]([C@@H](C)O)C(=O)N23)cc1. The second kappa shape index (κ2) is 10.3. The molecular formula is C24H33N3O9S. The van der Waals surface area contributed by atoms with E-state index in [2.05, 4.69) is 0 Å². The minimum absolute atomic E-state index is 0.133. The molecule has 0 aliphatic carbocycles. The first-order chi connectivity index (χ1) is 17.1. The summed E-state index contributed by atoms with van der Waals surface area (Å²) in [5.41, 5.74) is -0.395. The van der Waals surface area contributed by atoms with Crippen molar-refractivity contribution in [1.29, 1.82) is 0 Å². The Kier molecular flexibility index (Phi) is 7.91. The summed E-state index contributed by atoms with van der Waals surface area (Å²) in [7, 11) is -3.09. The molecule has 0 radical (unpaired) electrons. The van der Waals surface area contributed by atoms with Gasteiger partial charge in [0.05, 0.1) is 31.7 Å². The zero-order chi connectivity index (χ0) is 27.9. The normalized spacial score (nSPS) is 22.2. The molecule has 0 unspecified atom stereocenters. The fourth-order valence-electron chi connectivity index (χ4n) is 4.51. The van der Waals surface area contributed by atoms with Crippen molar-refractivity contribution in [2.24, 2.45) is 17.0 Å². The summed E-state index contributed by atoms with van der Waals surface area (Å²) in [6.45, 7) is 7.05. The third-order valence-electron chi connectivity index (χ3n) is 6.26.